The number of carbonyl (C=O) groups is 1. The monoisotopic (exact) mass is 337 g/mol. The number of halogens is 2. The second-order valence-corrected chi connectivity index (χ2v) is 5.26. The molecule has 0 fully saturated rings. The third kappa shape index (κ3) is 4.60. The number of hydrogen-bond donors (Lipinski definition) is 1. The van der Waals surface area contributed by atoms with Gasteiger partial charge in [0.25, 0.3) is 5.91 Å². The summed E-state index contributed by atoms with van der Waals surface area (Å²) in [7, 11) is 3.05. The fraction of sp³-hybridized carbons (Fsp3) is 0.235. The zero-order valence-corrected chi connectivity index (χ0v) is 13.6. The second-order valence-electron chi connectivity index (χ2n) is 4.86. The van der Waals surface area contributed by atoms with Crippen LogP contribution in [0.2, 0.25) is 5.02 Å². The van der Waals surface area contributed by atoms with Gasteiger partial charge in [0.05, 0.1) is 19.2 Å². The number of ether oxygens (including phenoxy) is 2. The topological polar surface area (TPSA) is 47.6 Å². The Kier molecular flexibility index (Phi) is 5.82. The van der Waals surface area contributed by atoms with Gasteiger partial charge in [-0.2, -0.15) is 0 Å². The fourth-order valence-electron chi connectivity index (χ4n) is 2.06. The number of carbonyl (C=O) groups excluding carboxylic acids is 1. The SMILES string of the molecule is COc1cc(OC)cc(C(=O)NCCc2ccc(F)c(Cl)c2)c1. The van der Waals surface area contributed by atoms with Crippen LogP contribution in [0.15, 0.2) is 36.4 Å². The van der Waals surface area contributed by atoms with Crippen LogP contribution in [0.4, 0.5) is 4.39 Å². The van der Waals surface area contributed by atoms with Crippen LogP contribution < -0.4 is 14.8 Å². The minimum absolute atomic E-state index is 0.0753. The van der Waals surface area contributed by atoms with E-state index in [1.165, 1.54) is 20.3 Å². The number of amides is 1. The lowest BCUT2D eigenvalue weighted by molar-refractivity contribution is 0.0953. The summed E-state index contributed by atoms with van der Waals surface area (Å²) in [6.45, 7) is 0.403. The predicted molar refractivity (Wildman–Crippen MR) is 87.0 cm³/mol. The third-order valence-electron chi connectivity index (χ3n) is 3.30. The van der Waals surface area contributed by atoms with Gasteiger partial charge in [-0.05, 0) is 36.2 Å². The van der Waals surface area contributed by atoms with Gasteiger partial charge in [0.2, 0.25) is 0 Å². The van der Waals surface area contributed by atoms with Crippen LogP contribution in [-0.2, 0) is 6.42 Å². The van der Waals surface area contributed by atoms with Gasteiger partial charge in [0, 0.05) is 18.2 Å². The van der Waals surface area contributed by atoms with E-state index >= 15 is 0 Å². The first kappa shape index (κ1) is 17.1. The van der Waals surface area contributed by atoms with E-state index in [-0.39, 0.29) is 10.9 Å². The highest BCUT2D eigenvalue weighted by Gasteiger charge is 2.09. The van der Waals surface area contributed by atoms with Gasteiger partial charge in [-0.15, -0.1) is 0 Å². The molecule has 23 heavy (non-hydrogen) atoms. The molecule has 2 aromatic rings. The molecular formula is C17H17ClFNO3. The molecule has 0 aliphatic rings. The normalized spacial score (nSPS) is 10.3. The highest BCUT2D eigenvalue weighted by Crippen LogP contribution is 2.22. The zero-order valence-electron chi connectivity index (χ0n) is 12.9. The molecule has 4 nitrogen and oxygen atoms in total. The van der Waals surface area contributed by atoms with E-state index in [1.807, 2.05) is 0 Å². The highest BCUT2D eigenvalue weighted by molar-refractivity contribution is 6.30. The van der Waals surface area contributed by atoms with E-state index < -0.39 is 5.82 Å². The molecule has 0 saturated carbocycles. The molecule has 2 aromatic carbocycles. The van der Waals surface area contributed by atoms with E-state index in [2.05, 4.69) is 5.32 Å². The van der Waals surface area contributed by atoms with Crippen molar-refractivity contribution in [2.45, 2.75) is 6.42 Å². The smallest absolute Gasteiger partial charge is 0.251 e. The van der Waals surface area contributed by atoms with Crippen molar-refractivity contribution in [1.82, 2.24) is 5.32 Å². The van der Waals surface area contributed by atoms with Gasteiger partial charge < -0.3 is 14.8 Å². The molecular weight excluding hydrogens is 321 g/mol. The minimum Gasteiger partial charge on any atom is -0.497 e. The largest absolute Gasteiger partial charge is 0.497 e. The molecule has 0 spiro atoms. The van der Waals surface area contributed by atoms with Crippen molar-refractivity contribution in [2.24, 2.45) is 0 Å². The Labute approximate surface area is 139 Å². The molecule has 0 radical (unpaired) electrons. The van der Waals surface area contributed by atoms with Crippen LogP contribution in [0.5, 0.6) is 11.5 Å². The van der Waals surface area contributed by atoms with Crippen molar-refractivity contribution in [3.8, 4) is 11.5 Å². The Morgan fingerprint density at radius 3 is 2.35 bits per heavy atom. The van der Waals surface area contributed by atoms with Crippen LogP contribution in [0, 0.1) is 5.82 Å². The maximum atomic E-state index is 13.1. The lowest BCUT2D eigenvalue weighted by Crippen LogP contribution is -2.25. The molecule has 0 unspecified atom stereocenters. The molecule has 0 aliphatic carbocycles. The van der Waals surface area contributed by atoms with E-state index in [9.17, 15) is 9.18 Å². The van der Waals surface area contributed by atoms with Crippen molar-refractivity contribution in [3.05, 3.63) is 58.4 Å². The van der Waals surface area contributed by atoms with E-state index in [4.69, 9.17) is 21.1 Å². The second kappa shape index (κ2) is 7.83. The molecule has 0 bridgehead atoms. The standard InChI is InChI=1S/C17H17ClFNO3/c1-22-13-8-12(9-14(10-13)23-2)17(21)20-6-5-11-3-4-16(19)15(18)7-11/h3-4,7-10H,5-6H2,1-2H3,(H,20,21). The van der Waals surface area contributed by atoms with Crippen molar-refractivity contribution in [1.29, 1.82) is 0 Å². The Morgan fingerprint density at radius 2 is 1.78 bits per heavy atom. The van der Waals surface area contributed by atoms with Crippen molar-refractivity contribution < 1.29 is 18.7 Å². The summed E-state index contributed by atoms with van der Waals surface area (Å²) in [6, 6.07) is 9.46. The Morgan fingerprint density at radius 1 is 1.13 bits per heavy atom. The molecule has 0 atom stereocenters. The summed E-state index contributed by atoms with van der Waals surface area (Å²) in [6.07, 6.45) is 0.548. The quantitative estimate of drug-likeness (QED) is 0.878. The van der Waals surface area contributed by atoms with Crippen molar-refractivity contribution >= 4 is 17.5 Å². The number of hydrogen-bond acceptors (Lipinski definition) is 3. The van der Waals surface area contributed by atoms with Gasteiger partial charge >= 0.3 is 0 Å². The summed E-state index contributed by atoms with van der Waals surface area (Å²) in [4.78, 5) is 12.2. The Bertz CT molecular complexity index is 684. The Hall–Kier alpha value is -2.27. The molecule has 0 saturated heterocycles. The van der Waals surface area contributed by atoms with Crippen molar-refractivity contribution in [3.63, 3.8) is 0 Å². The molecule has 0 heterocycles. The van der Waals surface area contributed by atoms with Crippen LogP contribution in [0.25, 0.3) is 0 Å². The molecule has 0 aliphatic heterocycles. The lowest BCUT2D eigenvalue weighted by atomic mass is 10.1. The summed E-state index contributed by atoms with van der Waals surface area (Å²) >= 11 is 5.73. The minimum atomic E-state index is -0.456. The highest BCUT2D eigenvalue weighted by atomic mass is 35.5. The third-order valence-corrected chi connectivity index (χ3v) is 3.59. The fourth-order valence-corrected chi connectivity index (χ4v) is 2.26. The van der Waals surface area contributed by atoms with Crippen LogP contribution in [0.1, 0.15) is 15.9 Å². The average Bonchev–Trinajstić information content (AvgIpc) is 2.57. The first-order valence-electron chi connectivity index (χ1n) is 6.98. The van der Waals surface area contributed by atoms with Gasteiger partial charge in [-0.25, -0.2) is 4.39 Å². The lowest BCUT2D eigenvalue weighted by Gasteiger charge is -2.09. The maximum Gasteiger partial charge on any atom is 0.251 e. The summed E-state index contributed by atoms with van der Waals surface area (Å²) in [5.41, 5.74) is 1.29. The maximum absolute atomic E-state index is 13.1. The van der Waals surface area contributed by atoms with Crippen molar-refractivity contribution in [2.75, 3.05) is 20.8 Å². The first-order valence-corrected chi connectivity index (χ1v) is 7.36. The van der Waals surface area contributed by atoms with Gasteiger partial charge in [0.15, 0.2) is 0 Å². The van der Waals surface area contributed by atoms with Crippen LogP contribution in [0.3, 0.4) is 0 Å². The van der Waals surface area contributed by atoms with Gasteiger partial charge in [0.1, 0.15) is 17.3 Å². The first-order chi connectivity index (χ1) is 11.0. The van der Waals surface area contributed by atoms with Crippen LogP contribution in [-0.4, -0.2) is 26.7 Å². The molecule has 122 valence electrons. The molecule has 6 heteroatoms. The molecule has 1 amide bonds. The van der Waals surface area contributed by atoms with Crippen LogP contribution >= 0.6 is 11.6 Å². The van der Waals surface area contributed by atoms with E-state index in [0.29, 0.717) is 30.0 Å². The number of methoxy groups -OCH3 is 2. The Balaban J connectivity index is 1.98. The summed E-state index contributed by atoms with van der Waals surface area (Å²) < 4.78 is 23.4. The van der Waals surface area contributed by atoms with E-state index in [1.54, 1.807) is 30.3 Å². The summed E-state index contributed by atoms with van der Waals surface area (Å²) in [5.74, 6) is 0.387. The summed E-state index contributed by atoms with van der Waals surface area (Å²) in [5, 5.41) is 2.87. The zero-order chi connectivity index (χ0) is 16.8. The molecule has 0 aromatic heterocycles. The predicted octanol–water partition coefficient (Wildman–Crippen LogP) is 3.47. The van der Waals surface area contributed by atoms with Gasteiger partial charge in [-0.1, -0.05) is 17.7 Å². The molecule has 1 N–H and O–H groups in total. The average molecular weight is 338 g/mol. The van der Waals surface area contributed by atoms with E-state index in [0.717, 1.165) is 5.56 Å². The molecule has 2 rings (SSSR count). The number of nitrogens with one attached hydrogen (secondary N) is 1. The number of rotatable bonds is 6. The van der Waals surface area contributed by atoms with Gasteiger partial charge in [-0.3, -0.25) is 4.79 Å². The number of benzene rings is 2.